The molecule has 0 aliphatic heterocycles. The summed E-state index contributed by atoms with van der Waals surface area (Å²) in [5.74, 6) is 0.740. The minimum absolute atomic E-state index is 0.740. The molecule has 2 atom stereocenters. The Bertz CT molecular complexity index is 363. The van der Waals surface area contributed by atoms with E-state index in [1.54, 1.807) is 0 Å². The maximum Gasteiger partial charge on any atom is 0.0135 e. The number of hydrogen-bond acceptors (Lipinski definition) is 2. The predicted octanol–water partition coefficient (Wildman–Crippen LogP) is 3.46. The molecule has 1 saturated carbocycles. The van der Waals surface area contributed by atoms with E-state index in [0.717, 1.165) is 18.5 Å². The number of nitrogens with two attached hydrogens (primary N) is 1. The first kappa shape index (κ1) is 15.5. The van der Waals surface area contributed by atoms with E-state index in [4.69, 9.17) is 5.73 Å². The van der Waals surface area contributed by atoms with Gasteiger partial charge in [0.05, 0.1) is 0 Å². The van der Waals surface area contributed by atoms with Gasteiger partial charge >= 0.3 is 0 Å². The van der Waals surface area contributed by atoms with Gasteiger partial charge in [-0.3, -0.25) is 0 Å². The SMILES string of the molecule is CCN(CCCCc1ccccc1)C1CCCC1CN. The zero-order valence-electron chi connectivity index (χ0n) is 12.9. The van der Waals surface area contributed by atoms with Crippen molar-refractivity contribution in [3.8, 4) is 0 Å². The van der Waals surface area contributed by atoms with Crippen LogP contribution >= 0.6 is 0 Å². The minimum atomic E-state index is 0.740. The Labute approximate surface area is 124 Å². The minimum Gasteiger partial charge on any atom is -0.330 e. The van der Waals surface area contributed by atoms with E-state index in [2.05, 4.69) is 42.2 Å². The van der Waals surface area contributed by atoms with E-state index in [1.165, 1.54) is 57.2 Å². The highest BCUT2D eigenvalue weighted by Gasteiger charge is 2.29. The molecule has 1 aliphatic rings. The Balaban J connectivity index is 1.71. The van der Waals surface area contributed by atoms with Gasteiger partial charge in [-0.05, 0) is 63.2 Å². The first-order chi connectivity index (χ1) is 9.85. The van der Waals surface area contributed by atoms with Gasteiger partial charge in [-0.15, -0.1) is 0 Å². The van der Waals surface area contributed by atoms with Crippen molar-refractivity contribution in [2.45, 2.75) is 51.5 Å². The van der Waals surface area contributed by atoms with Crippen molar-refractivity contribution < 1.29 is 0 Å². The molecule has 2 nitrogen and oxygen atoms in total. The third-order valence-corrected chi connectivity index (χ3v) is 4.80. The number of nitrogens with zero attached hydrogens (tertiary/aromatic N) is 1. The van der Waals surface area contributed by atoms with E-state index < -0.39 is 0 Å². The molecule has 2 unspecified atom stereocenters. The van der Waals surface area contributed by atoms with Gasteiger partial charge in [0.25, 0.3) is 0 Å². The van der Waals surface area contributed by atoms with Crippen LogP contribution in [0.4, 0.5) is 0 Å². The van der Waals surface area contributed by atoms with Crippen LogP contribution in [-0.4, -0.2) is 30.6 Å². The highest BCUT2D eigenvalue weighted by atomic mass is 15.2. The van der Waals surface area contributed by atoms with Crippen LogP contribution in [0, 0.1) is 5.92 Å². The molecule has 2 rings (SSSR count). The molecule has 2 heteroatoms. The first-order valence-electron chi connectivity index (χ1n) is 8.33. The molecule has 1 aromatic carbocycles. The maximum atomic E-state index is 5.92. The Morgan fingerprint density at radius 1 is 1.15 bits per heavy atom. The monoisotopic (exact) mass is 274 g/mol. The summed E-state index contributed by atoms with van der Waals surface area (Å²) in [6.45, 7) is 5.57. The third kappa shape index (κ3) is 4.32. The van der Waals surface area contributed by atoms with E-state index in [0.29, 0.717) is 0 Å². The quantitative estimate of drug-likeness (QED) is 0.736. The lowest BCUT2D eigenvalue weighted by Crippen LogP contribution is -2.40. The van der Waals surface area contributed by atoms with Gasteiger partial charge in [0.2, 0.25) is 0 Å². The van der Waals surface area contributed by atoms with Crippen LogP contribution in [-0.2, 0) is 6.42 Å². The zero-order chi connectivity index (χ0) is 14.2. The summed E-state index contributed by atoms with van der Waals surface area (Å²) in [5.41, 5.74) is 7.39. The smallest absolute Gasteiger partial charge is 0.0135 e. The third-order valence-electron chi connectivity index (χ3n) is 4.80. The summed E-state index contributed by atoms with van der Waals surface area (Å²) >= 11 is 0. The Kier molecular flexibility index (Phi) is 6.55. The molecule has 0 bridgehead atoms. The first-order valence-corrected chi connectivity index (χ1v) is 8.33. The van der Waals surface area contributed by atoms with Gasteiger partial charge in [0.15, 0.2) is 0 Å². The van der Waals surface area contributed by atoms with E-state index in [1.807, 2.05) is 0 Å². The topological polar surface area (TPSA) is 29.3 Å². The normalized spacial score (nSPS) is 22.6. The van der Waals surface area contributed by atoms with Crippen LogP contribution in [0.3, 0.4) is 0 Å². The number of aryl methyl sites for hydroxylation is 1. The van der Waals surface area contributed by atoms with Crippen LogP contribution in [0.25, 0.3) is 0 Å². The molecular formula is C18H30N2. The van der Waals surface area contributed by atoms with E-state index >= 15 is 0 Å². The summed E-state index contributed by atoms with van der Waals surface area (Å²) in [5, 5.41) is 0. The summed E-state index contributed by atoms with van der Waals surface area (Å²) in [7, 11) is 0. The van der Waals surface area contributed by atoms with Gasteiger partial charge in [-0.25, -0.2) is 0 Å². The molecule has 2 N–H and O–H groups in total. The fraction of sp³-hybridized carbons (Fsp3) is 0.667. The van der Waals surface area contributed by atoms with Crippen LogP contribution in [0.1, 0.15) is 44.6 Å². The molecule has 0 radical (unpaired) electrons. The molecule has 0 amide bonds. The van der Waals surface area contributed by atoms with E-state index in [-0.39, 0.29) is 0 Å². The molecule has 1 aromatic rings. The van der Waals surface area contributed by atoms with Gasteiger partial charge in [-0.2, -0.15) is 0 Å². The standard InChI is InChI=1S/C18H30N2/c1-2-20(18-13-8-12-17(18)15-19)14-7-6-11-16-9-4-3-5-10-16/h3-5,9-10,17-18H,2,6-8,11-15,19H2,1H3. The number of hydrogen-bond donors (Lipinski definition) is 1. The molecular weight excluding hydrogens is 244 g/mol. The van der Waals surface area contributed by atoms with Crippen molar-refractivity contribution in [2.24, 2.45) is 11.7 Å². The van der Waals surface area contributed by atoms with Crippen molar-refractivity contribution >= 4 is 0 Å². The Morgan fingerprint density at radius 2 is 1.95 bits per heavy atom. The second-order valence-corrected chi connectivity index (χ2v) is 6.07. The van der Waals surface area contributed by atoms with Crippen molar-refractivity contribution in [3.05, 3.63) is 35.9 Å². The van der Waals surface area contributed by atoms with Crippen LogP contribution in [0.2, 0.25) is 0 Å². The Morgan fingerprint density at radius 3 is 2.65 bits per heavy atom. The maximum absolute atomic E-state index is 5.92. The van der Waals surface area contributed by atoms with Crippen LogP contribution < -0.4 is 5.73 Å². The fourth-order valence-electron chi connectivity index (χ4n) is 3.62. The summed E-state index contributed by atoms with van der Waals surface area (Å²) in [4.78, 5) is 2.68. The molecule has 0 saturated heterocycles. The van der Waals surface area contributed by atoms with Crippen LogP contribution in [0.5, 0.6) is 0 Å². The lowest BCUT2D eigenvalue weighted by atomic mass is 10.0. The molecule has 1 aliphatic carbocycles. The van der Waals surface area contributed by atoms with Gasteiger partial charge in [0.1, 0.15) is 0 Å². The number of benzene rings is 1. The van der Waals surface area contributed by atoms with Crippen molar-refractivity contribution in [1.29, 1.82) is 0 Å². The van der Waals surface area contributed by atoms with Crippen molar-refractivity contribution in [2.75, 3.05) is 19.6 Å². The van der Waals surface area contributed by atoms with Gasteiger partial charge in [0, 0.05) is 6.04 Å². The zero-order valence-corrected chi connectivity index (χ0v) is 12.9. The fourth-order valence-corrected chi connectivity index (χ4v) is 3.62. The van der Waals surface area contributed by atoms with Gasteiger partial charge < -0.3 is 10.6 Å². The number of unbranched alkanes of at least 4 members (excludes halogenated alkanes) is 1. The van der Waals surface area contributed by atoms with Gasteiger partial charge in [-0.1, -0.05) is 43.7 Å². The summed E-state index contributed by atoms with van der Waals surface area (Å²) < 4.78 is 0. The number of rotatable bonds is 8. The van der Waals surface area contributed by atoms with Crippen molar-refractivity contribution in [3.63, 3.8) is 0 Å². The second-order valence-electron chi connectivity index (χ2n) is 6.07. The molecule has 0 heterocycles. The molecule has 0 aromatic heterocycles. The van der Waals surface area contributed by atoms with Crippen molar-refractivity contribution in [1.82, 2.24) is 4.90 Å². The lowest BCUT2D eigenvalue weighted by molar-refractivity contribution is 0.167. The largest absolute Gasteiger partial charge is 0.330 e. The molecule has 20 heavy (non-hydrogen) atoms. The Hall–Kier alpha value is -0.860. The highest BCUT2D eigenvalue weighted by Crippen LogP contribution is 2.29. The second kappa shape index (κ2) is 8.43. The lowest BCUT2D eigenvalue weighted by Gasteiger charge is -2.31. The van der Waals surface area contributed by atoms with Crippen LogP contribution in [0.15, 0.2) is 30.3 Å². The molecule has 112 valence electrons. The molecule has 0 spiro atoms. The predicted molar refractivity (Wildman–Crippen MR) is 86.8 cm³/mol. The van der Waals surface area contributed by atoms with E-state index in [9.17, 15) is 0 Å². The molecule has 1 fully saturated rings. The average molecular weight is 274 g/mol. The summed E-state index contributed by atoms with van der Waals surface area (Å²) in [6.07, 6.45) is 7.86. The summed E-state index contributed by atoms with van der Waals surface area (Å²) in [6, 6.07) is 11.6. The highest BCUT2D eigenvalue weighted by molar-refractivity contribution is 5.14. The average Bonchev–Trinajstić information content (AvgIpc) is 2.97.